The third-order valence-corrected chi connectivity index (χ3v) is 9.26. The first-order chi connectivity index (χ1) is 18.0. The molecule has 0 aromatic heterocycles. The van der Waals surface area contributed by atoms with Gasteiger partial charge in [0.15, 0.2) is 0 Å². The molecule has 0 radical (unpaired) electrons. The zero-order valence-electron chi connectivity index (χ0n) is 21.4. The molecule has 1 aliphatic rings. The molecule has 1 unspecified atom stereocenters. The fraction of sp³-hybridized carbons (Fsp3) is 0.286. The van der Waals surface area contributed by atoms with Crippen LogP contribution < -0.4 is 14.5 Å². The number of anilines is 2. The molecule has 0 aliphatic carbocycles. The maximum absolute atomic E-state index is 13.5. The van der Waals surface area contributed by atoms with E-state index >= 15 is 0 Å². The van der Waals surface area contributed by atoms with Crippen LogP contribution >= 0.6 is 27.5 Å². The highest BCUT2D eigenvalue weighted by Crippen LogP contribution is 2.32. The zero-order valence-corrected chi connectivity index (χ0v) is 24.5. The van der Waals surface area contributed by atoms with Crippen molar-refractivity contribution < 1.29 is 18.0 Å². The van der Waals surface area contributed by atoms with Gasteiger partial charge in [0.2, 0.25) is 5.91 Å². The smallest absolute Gasteiger partial charge is 0.264 e. The molecule has 1 atom stereocenters. The van der Waals surface area contributed by atoms with E-state index in [9.17, 15) is 18.0 Å². The fourth-order valence-corrected chi connectivity index (χ4v) is 7.24. The molecule has 3 aromatic rings. The lowest BCUT2D eigenvalue weighted by Crippen LogP contribution is -2.52. The van der Waals surface area contributed by atoms with E-state index in [2.05, 4.69) is 21.2 Å². The molecular weight excluding hydrogens is 590 g/mol. The van der Waals surface area contributed by atoms with Crippen LogP contribution in [-0.4, -0.2) is 39.4 Å². The van der Waals surface area contributed by atoms with Gasteiger partial charge in [0.25, 0.3) is 15.9 Å². The van der Waals surface area contributed by atoms with E-state index in [0.29, 0.717) is 25.1 Å². The number of carbonyl (C=O) groups excluding carboxylic acids is 2. The summed E-state index contributed by atoms with van der Waals surface area (Å²) in [5.74, 6) is -0.807. The topological polar surface area (TPSA) is 86.8 Å². The monoisotopic (exact) mass is 617 g/mol. The number of sulfonamides is 1. The van der Waals surface area contributed by atoms with E-state index in [1.54, 1.807) is 36.1 Å². The predicted octanol–water partition coefficient (Wildman–Crippen LogP) is 5.86. The first-order valence-corrected chi connectivity index (χ1v) is 14.9. The molecule has 1 saturated heterocycles. The van der Waals surface area contributed by atoms with Crippen molar-refractivity contribution in [3.8, 4) is 0 Å². The summed E-state index contributed by atoms with van der Waals surface area (Å²) in [6, 6.07) is 15.9. The van der Waals surface area contributed by atoms with E-state index in [1.807, 2.05) is 32.0 Å². The van der Waals surface area contributed by atoms with Gasteiger partial charge in [-0.25, -0.2) is 8.42 Å². The molecule has 0 bridgehead atoms. The first-order valence-electron chi connectivity index (χ1n) is 12.3. The maximum atomic E-state index is 13.5. The molecule has 3 aromatic carbocycles. The van der Waals surface area contributed by atoms with Crippen molar-refractivity contribution in [2.75, 3.05) is 22.3 Å². The van der Waals surface area contributed by atoms with Gasteiger partial charge in [0.05, 0.1) is 21.2 Å². The summed E-state index contributed by atoms with van der Waals surface area (Å²) in [7, 11) is -3.96. The van der Waals surface area contributed by atoms with Gasteiger partial charge in [-0.15, -0.1) is 0 Å². The second-order valence-electron chi connectivity index (χ2n) is 9.19. The van der Waals surface area contributed by atoms with Gasteiger partial charge in [0.1, 0.15) is 6.04 Å². The molecule has 10 heteroatoms. The van der Waals surface area contributed by atoms with Gasteiger partial charge in [-0.2, -0.15) is 0 Å². The molecule has 4 rings (SSSR count). The van der Waals surface area contributed by atoms with Crippen LogP contribution in [0.1, 0.15) is 41.3 Å². The molecule has 1 aliphatic heterocycles. The molecule has 2 amide bonds. The number of para-hydroxylation sites is 1. The van der Waals surface area contributed by atoms with Crippen LogP contribution in [0, 0.1) is 13.8 Å². The second kappa shape index (κ2) is 11.5. The Morgan fingerprint density at radius 2 is 1.76 bits per heavy atom. The predicted molar refractivity (Wildman–Crippen MR) is 155 cm³/mol. The van der Waals surface area contributed by atoms with Gasteiger partial charge in [0, 0.05) is 23.2 Å². The molecular formula is C28H29BrClN3O4S. The van der Waals surface area contributed by atoms with Gasteiger partial charge >= 0.3 is 0 Å². The minimum absolute atomic E-state index is 0.00205. The standard InChI is InChI=1S/C28H29BrClN3O4S/c1-4-33(21-9-6-5-7-10-21)38(36,37)22-12-13-24(30)23(17-22)27(34)31-25-11-8-14-32(28(25)35)26-18(2)15-20(29)16-19(26)3/h5-7,9-10,12-13,15-17,25H,4,8,11,14H2,1-3H3,(H,31,34). The van der Waals surface area contributed by atoms with Crippen LogP contribution in [0.15, 0.2) is 70.0 Å². The Balaban J connectivity index is 1.59. The third-order valence-electron chi connectivity index (χ3n) is 6.57. The summed E-state index contributed by atoms with van der Waals surface area (Å²) in [6.45, 7) is 6.39. The van der Waals surface area contributed by atoms with Crippen LogP contribution in [0.2, 0.25) is 5.02 Å². The summed E-state index contributed by atoms with van der Waals surface area (Å²) in [6.07, 6.45) is 1.18. The van der Waals surface area contributed by atoms with Crippen LogP contribution in [0.5, 0.6) is 0 Å². The lowest BCUT2D eigenvalue weighted by atomic mass is 10.00. The van der Waals surface area contributed by atoms with Crippen molar-refractivity contribution in [1.29, 1.82) is 0 Å². The number of amides is 2. The average Bonchev–Trinajstić information content (AvgIpc) is 2.86. The van der Waals surface area contributed by atoms with Gasteiger partial charge < -0.3 is 10.2 Å². The number of piperidine rings is 1. The van der Waals surface area contributed by atoms with E-state index in [4.69, 9.17) is 11.6 Å². The van der Waals surface area contributed by atoms with Crippen molar-refractivity contribution >= 4 is 60.7 Å². The van der Waals surface area contributed by atoms with Crippen molar-refractivity contribution in [3.05, 3.63) is 86.8 Å². The minimum Gasteiger partial charge on any atom is -0.340 e. The van der Waals surface area contributed by atoms with E-state index in [1.165, 1.54) is 22.5 Å². The van der Waals surface area contributed by atoms with Gasteiger partial charge in [-0.3, -0.25) is 13.9 Å². The van der Waals surface area contributed by atoms with Crippen molar-refractivity contribution in [2.24, 2.45) is 0 Å². The van der Waals surface area contributed by atoms with Crippen molar-refractivity contribution in [1.82, 2.24) is 5.32 Å². The lowest BCUT2D eigenvalue weighted by molar-refractivity contribution is -0.121. The number of carbonyl (C=O) groups is 2. The molecule has 1 heterocycles. The minimum atomic E-state index is -3.96. The summed E-state index contributed by atoms with van der Waals surface area (Å²) in [5, 5.41) is 2.90. The summed E-state index contributed by atoms with van der Waals surface area (Å²) in [4.78, 5) is 28.4. The Morgan fingerprint density at radius 1 is 1.11 bits per heavy atom. The lowest BCUT2D eigenvalue weighted by Gasteiger charge is -2.34. The number of halogens is 2. The van der Waals surface area contributed by atoms with E-state index < -0.39 is 22.0 Å². The number of benzene rings is 3. The van der Waals surface area contributed by atoms with Gasteiger partial charge in [-0.1, -0.05) is 45.7 Å². The quantitative estimate of drug-likeness (QED) is 0.359. The summed E-state index contributed by atoms with van der Waals surface area (Å²) < 4.78 is 29.1. The third kappa shape index (κ3) is 5.60. The highest BCUT2D eigenvalue weighted by atomic mass is 79.9. The number of hydrogen-bond donors (Lipinski definition) is 1. The molecule has 38 heavy (non-hydrogen) atoms. The average molecular weight is 619 g/mol. The molecule has 0 spiro atoms. The fourth-order valence-electron chi connectivity index (χ4n) is 4.85. The normalized spacial score (nSPS) is 15.9. The summed E-state index contributed by atoms with van der Waals surface area (Å²) >= 11 is 9.83. The molecule has 0 saturated carbocycles. The number of nitrogens with one attached hydrogen (secondary N) is 1. The number of aryl methyl sites for hydroxylation is 2. The van der Waals surface area contributed by atoms with Gasteiger partial charge in [-0.05, 0) is 87.2 Å². The zero-order chi connectivity index (χ0) is 27.6. The van der Waals surface area contributed by atoms with E-state index in [-0.39, 0.29) is 27.9 Å². The number of hydrogen-bond acceptors (Lipinski definition) is 4. The maximum Gasteiger partial charge on any atom is 0.264 e. The van der Waals surface area contributed by atoms with Crippen molar-refractivity contribution in [3.63, 3.8) is 0 Å². The highest BCUT2D eigenvalue weighted by molar-refractivity contribution is 9.10. The van der Waals surface area contributed by atoms with Crippen LogP contribution in [-0.2, 0) is 14.8 Å². The second-order valence-corrected chi connectivity index (χ2v) is 12.4. The Morgan fingerprint density at radius 3 is 2.39 bits per heavy atom. The highest BCUT2D eigenvalue weighted by Gasteiger charge is 2.33. The van der Waals surface area contributed by atoms with E-state index in [0.717, 1.165) is 21.3 Å². The largest absolute Gasteiger partial charge is 0.340 e. The Labute approximate surface area is 237 Å². The van der Waals surface area contributed by atoms with Crippen molar-refractivity contribution in [2.45, 2.75) is 44.6 Å². The molecule has 200 valence electrons. The van der Waals surface area contributed by atoms with Crippen LogP contribution in [0.3, 0.4) is 0 Å². The molecule has 7 nitrogen and oxygen atoms in total. The molecule has 1 fully saturated rings. The number of rotatable bonds is 7. The SMILES string of the molecule is CCN(c1ccccc1)S(=O)(=O)c1ccc(Cl)c(C(=O)NC2CCCN(c3c(C)cc(Br)cc3C)C2=O)c1. The number of nitrogens with zero attached hydrogens (tertiary/aromatic N) is 2. The molecule has 1 N–H and O–H groups in total. The van der Waals surface area contributed by atoms with Crippen LogP contribution in [0.4, 0.5) is 11.4 Å². The Kier molecular flexibility index (Phi) is 8.49. The Bertz CT molecular complexity index is 1460. The Hall–Kier alpha value is -2.88. The van der Waals surface area contributed by atoms with Crippen LogP contribution in [0.25, 0.3) is 0 Å². The first kappa shape index (κ1) is 28.1. The summed E-state index contributed by atoms with van der Waals surface area (Å²) in [5.41, 5.74) is 3.26.